The lowest BCUT2D eigenvalue weighted by Gasteiger charge is -2.23. The third-order valence-electron chi connectivity index (χ3n) is 9.41. The first kappa shape index (κ1) is 26.4. The Morgan fingerprint density at radius 1 is 0.217 bits per heavy atom. The summed E-state index contributed by atoms with van der Waals surface area (Å²) < 4.78 is 0. The highest BCUT2D eigenvalue weighted by Crippen LogP contribution is 2.50. The van der Waals surface area contributed by atoms with Gasteiger partial charge in [-0.2, -0.15) is 0 Å². The minimum atomic E-state index is 1.22. The van der Waals surface area contributed by atoms with Gasteiger partial charge in [0.25, 0.3) is 0 Å². The Kier molecular flexibility index (Phi) is 6.25. The second kappa shape index (κ2) is 10.9. The first-order valence-corrected chi connectivity index (χ1v) is 15.9. The first-order valence-electron chi connectivity index (χ1n) is 15.9. The molecule has 0 nitrogen and oxygen atoms in total. The lowest BCUT2D eigenvalue weighted by Crippen LogP contribution is -1.95. The second-order valence-corrected chi connectivity index (χ2v) is 12.0. The van der Waals surface area contributed by atoms with Crippen LogP contribution in [0.1, 0.15) is 0 Å². The van der Waals surface area contributed by atoms with Crippen LogP contribution in [0.25, 0.3) is 87.6 Å². The van der Waals surface area contributed by atoms with E-state index in [1.165, 1.54) is 87.6 Å². The fraction of sp³-hybridized carbons (Fsp3) is 0. The van der Waals surface area contributed by atoms with Crippen LogP contribution >= 0.6 is 0 Å². The van der Waals surface area contributed by atoms with E-state index in [2.05, 4.69) is 182 Å². The molecule has 9 rings (SSSR count). The summed E-state index contributed by atoms with van der Waals surface area (Å²) in [6.07, 6.45) is 0. The Bertz CT molecular complexity index is 2490. The van der Waals surface area contributed by atoms with Crippen molar-refractivity contribution in [2.75, 3.05) is 0 Å². The smallest absolute Gasteiger partial charge is 0.00197 e. The number of hydrogen-bond acceptors (Lipinski definition) is 0. The molecule has 0 amide bonds. The van der Waals surface area contributed by atoms with E-state index in [4.69, 9.17) is 0 Å². The van der Waals surface area contributed by atoms with Crippen LogP contribution in [0, 0.1) is 0 Å². The van der Waals surface area contributed by atoms with Crippen LogP contribution in [-0.2, 0) is 0 Å². The molecule has 0 spiro atoms. The molecule has 9 aromatic rings. The van der Waals surface area contributed by atoms with Crippen LogP contribution in [-0.4, -0.2) is 0 Å². The predicted octanol–water partition coefficient (Wildman–Crippen LogP) is 13.0. The van der Waals surface area contributed by atoms with Gasteiger partial charge < -0.3 is 0 Å². The molecule has 0 heterocycles. The summed E-state index contributed by atoms with van der Waals surface area (Å²) in [7, 11) is 0. The van der Waals surface area contributed by atoms with Gasteiger partial charge >= 0.3 is 0 Å². The lowest BCUT2D eigenvalue weighted by atomic mass is 9.80. The molecule has 0 aliphatic carbocycles. The predicted molar refractivity (Wildman–Crippen MR) is 198 cm³/mol. The van der Waals surface area contributed by atoms with Crippen molar-refractivity contribution in [1.82, 2.24) is 0 Å². The second-order valence-electron chi connectivity index (χ2n) is 12.0. The molecule has 0 bridgehead atoms. The molecule has 0 unspecified atom stereocenters. The molecule has 46 heavy (non-hydrogen) atoms. The maximum absolute atomic E-state index is 2.46. The highest BCUT2D eigenvalue weighted by Gasteiger charge is 2.22. The summed E-state index contributed by atoms with van der Waals surface area (Å²) in [4.78, 5) is 0. The van der Waals surface area contributed by atoms with Gasteiger partial charge in [-0.1, -0.05) is 164 Å². The summed E-state index contributed by atoms with van der Waals surface area (Å²) in [6, 6.07) is 66.6. The average Bonchev–Trinajstić information content (AvgIpc) is 3.13. The number of fused-ring (bicyclic) bond motifs is 4. The van der Waals surface area contributed by atoms with E-state index in [9.17, 15) is 0 Å². The molecule has 9 aromatic carbocycles. The van der Waals surface area contributed by atoms with Crippen molar-refractivity contribution in [2.45, 2.75) is 0 Å². The minimum Gasteiger partial charge on any atom is -0.0622 e. The van der Waals surface area contributed by atoms with Crippen molar-refractivity contribution in [3.8, 4) is 44.5 Å². The molecular weight excluding hydrogens is 553 g/mol. The van der Waals surface area contributed by atoms with Gasteiger partial charge in [0.15, 0.2) is 0 Å². The van der Waals surface area contributed by atoms with Crippen molar-refractivity contribution in [1.29, 1.82) is 0 Å². The van der Waals surface area contributed by atoms with Crippen LogP contribution in [0.5, 0.6) is 0 Å². The van der Waals surface area contributed by atoms with Gasteiger partial charge in [0.2, 0.25) is 0 Å². The van der Waals surface area contributed by atoms with Gasteiger partial charge in [-0.05, 0) is 106 Å². The summed E-state index contributed by atoms with van der Waals surface area (Å²) in [6.45, 7) is 0. The largest absolute Gasteiger partial charge is 0.0622 e. The molecule has 0 radical (unpaired) electrons. The van der Waals surface area contributed by atoms with Crippen LogP contribution in [0.2, 0.25) is 0 Å². The highest BCUT2D eigenvalue weighted by molar-refractivity contribution is 6.25. The fourth-order valence-corrected chi connectivity index (χ4v) is 7.41. The van der Waals surface area contributed by atoms with Crippen molar-refractivity contribution < 1.29 is 0 Å². The molecule has 0 saturated carbocycles. The average molecular weight is 583 g/mol. The van der Waals surface area contributed by atoms with Crippen molar-refractivity contribution in [2.24, 2.45) is 0 Å². The van der Waals surface area contributed by atoms with E-state index >= 15 is 0 Å². The maximum Gasteiger partial charge on any atom is -0.00197 e. The SMILES string of the molecule is c1ccc(-c2cc(-c3c4ccccc4c(-c4ccccc4)c4ccccc34)c(-c3ccccc3)c3cc4ccccc4cc23)cc1. The van der Waals surface area contributed by atoms with Crippen molar-refractivity contribution >= 4 is 43.1 Å². The van der Waals surface area contributed by atoms with Crippen molar-refractivity contribution in [3.05, 3.63) is 182 Å². The maximum atomic E-state index is 2.46. The van der Waals surface area contributed by atoms with Crippen molar-refractivity contribution in [3.63, 3.8) is 0 Å². The van der Waals surface area contributed by atoms with E-state index in [1.54, 1.807) is 0 Å². The molecular formula is C46H30. The van der Waals surface area contributed by atoms with Gasteiger partial charge in [0, 0.05) is 0 Å². The molecule has 214 valence electrons. The summed E-state index contributed by atoms with van der Waals surface area (Å²) in [5, 5.41) is 10.1. The summed E-state index contributed by atoms with van der Waals surface area (Å²) in [5.74, 6) is 0. The highest BCUT2D eigenvalue weighted by atomic mass is 14.2. The minimum absolute atomic E-state index is 1.22. The Labute approximate surface area is 268 Å². The van der Waals surface area contributed by atoms with Gasteiger partial charge in [0.1, 0.15) is 0 Å². The first-order chi connectivity index (χ1) is 22.8. The Morgan fingerprint density at radius 2 is 0.609 bits per heavy atom. The summed E-state index contributed by atoms with van der Waals surface area (Å²) >= 11 is 0. The van der Waals surface area contributed by atoms with E-state index in [1.807, 2.05) is 0 Å². The number of hydrogen-bond donors (Lipinski definition) is 0. The Balaban J connectivity index is 1.52. The van der Waals surface area contributed by atoms with Crippen LogP contribution in [0.3, 0.4) is 0 Å². The lowest BCUT2D eigenvalue weighted by molar-refractivity contribution is 1.62. The summed E-state index contributed by atoms with van der Waals surface area (Å²) in [5.41, 5.74) is 10.00. The van der Waals surface area contributed by atoms with Crippen LogP contribution in [0.15, 0.2) is 182 Å². The third kappa shape index (κ3) is 4.23. The normalized spacial score (nSPS) is 11.5. The topological polar surface area (TPSA) is 0 Å². The van der Waals surface area contributed by atoms with Crippen LogP contribution < -0.4 is 0 Å². The zero-order valence-corrected chi connectivity index (χ0v) is 25.3. The molecule has 0 aromatic heterocycles. The van der Waals surface area contributed by atoms with Gasteiger partial charge in [-0.3, -0.25) is 0 Å². The Hall–Kier alpha value is -5.98. The molecule has 0 saturated heterocycles. The molecule has 0 fully saturated rings. The standard InChI is InChI=1S/C46H30/c1-4-16-31(17-5-1)40-30-43(45(33-20-8-3-9-21-33)42-29-35-23-11-10-22-34(35)28-41(40)42)46-38-26-14-12-24-36(38)44(32-18-6-2-7-19-32)37-25-13-15-27-39(37)46/h1-30H. The van der Waals surface area contributed by atoms with E-state index in [0.29, 0.717) is 0 Å². The van der Waals surface area contributed by atoms with Gasteiger partial charge in [-0.25, -0.2) is 0 Å². The number of rotatable bonds is 4. The number of benzene rings is 9. The molecule has 0 aliphatic heterocycles. The molecule has 0 aliphatic rings. The zero-order valence-electron chi connectivity index (χ0n) is 25.3. The van der Waals surface area contributed by atoms with Gasteiger partial charge in [0.05, 0.1) is 0 Å². The fourth-order valence-electron chi connectivity index (χ4n) is 7.41. The zero-order chi connectivity index (χ0) is 30.5. The Morgan fingerprint density at radius 3 is 1.13 bits per heavy atom. The van der Waals surface area contributed by atoms with Gasteiger partial charge in [-0.15, -0.1) is 0 Å². The quantitative estimate of drug-likeness (QED) is 0.181. The van der Waals surface area contributed by atoms with Crippen LogP contribution in [0.4, 0.5) is 0 Å². The molecule has 0 heteroatoms. The monoisotopic (exact) mass is 582 g/mol. The third-order valence-corrected chi connectivity index (χ3v) is 9.41. The van der Waals surface area contributed by atoms with E-state index in [0.717, 1.165) is 0 Å². The molecule has 0 atom stereocenters. The molecule has 0 N–H and O–H groups in total. The van der Waals surface area contributed by atoms with E-state index in [-0.39, 0.29) is 0 Å². The van der Waals surface area contributed by atoms with E-state index < -0.39 is 0 Å².